The van der Waals surface area contributed by atoms with Crippen LogP contribution in [0.25, 0.3) is 0 Å². The Morgan fingerprint density at radius 2 is 0.871 bits per heavy atom. The second-order valence-electron chi connectivity index (χ2n) is 17.2. The van der Waals surface area contributed by atoms with Crippen LogP contribution in [0.15, 0.2) is 18.2 Å². The number of rotatable bonds is 17. The topological polar surface area (TPSA) is 455 Å². The van der Waals surface area contributed by atoms with Gasteiger partial charge in [0, 0.05) is 76.0 Å². The first-order chi connectivity index (χ1) is 32.6. The summed E-state index contributed by atoms with van der Waals surface area (Å²) in [6.45, 7) is -0.377. The Kier molecular flexibility index (Phi) is 22.6. The van der Waals surface area contributed by atoms with Crippen molar-refractivity contribution in [2.45, 2.75) is 137 Å². The maximum atomic E-state index is 12.9. The Labute approximate surface area is 409 Å². The Morgan fingerprint density at radius 1 is 0.529 bits per heavy atom. The molecule has 4 aliphatic heterocycles. The van der Waals surface area contributed by atoms with Gasteiger partial charge < -0.3 is 107 Å². The van der Waals surface area contributed by atoms with Crippen LogP contribution < -0.4 is 16.0 Å². The third-order valence-electron chi connectivity index (χ3n) is 12.4. The predicted octanol–water partition coefficient (Wildman–Crippen LogP) is -10.2. The molecule has 0 spiro atoms. The van der Waals surface area contributed by atoms with Crippen molar-refractivity contribution in [1.29, 1.82) is 0 Å². The number of aliphatic hydroxyl groups is 12. The Hall–Kier alpha value is -3.70. The average Bonchev–Trinajstić information content (AvgIpc) is 3.31. The van der Waals surface area contributed by atoms with Crippen molar-refractivity contribution in [3.8, 4) is 0 Å². The average molecular weight is 1050 g/mol. The number of aromatic nitrogens is 1. The zero-order valence-corrected chi connectivity index (χ0v) is 38.6. The zero-order chi connectivity index (χ0) is 50.9. The number of nitrogens with one attached hydrogen (secondary N) is 3. The molecule has 17 N–H and O–H groups in total. The van der Waals surface area contributed by atoms with E-state index < -0.39 is 134 Å². The fraction of sp³-hybridized carbons (Fsp3) is 0.750. The van der Waals surface area contributed by atoms with Gasteiger partial charge in [-0.2, -0.15) is 0 Å². The first kappa shape index (κ1) is 58.9. The second-order valence-corrected chi connectivity index (χ2v) is 17.2. The first-order valence-electron chi connectivity index (χ1n) is 22.2. The second kappa shape index (κ2) is 26.8. The number of carbonyl (C=O) groups is 5. The van der Waals surface area contributed by atoms with E-state index in [2.05, 4.69) is 20.9 Å². The van der Waals surface area contributed by atoms with Gasteiger partial charge in [-0.15, -0.1) is 0 Å². The number of pyridine rings is 1. The molecule has 30 heteroatoms. The molecule has 397 valence electrons. The summed E-state index contributed by atoms with van der Waals surface area (Å²) in [7, 11) is 0. The van der Waals surface area contributed by atoms with E-state index in [-0.39, 0.29) is 102 Å². The maximum Gasteiger partial charge on any atom is 0.320 e. The fourth-order valence-electron chi connectivity index (χ4n) is 8.33. The molecule has 4 aliphatic rings. The van der Waals surface area contributed by atoms with Crippen molar-refractivity contribution in [1.82, 2.24) is 35.6 Å². The standard InChI is InChI=1S/C40H63N7O22.Mn/c48-21-24(51)30(67-38(64)27(21)54)33(57)41-7-2-10-45-11-13-46(19(36(60)61)5-8-42-34(58)31-25(52)22(49)28(55)39(65)68-31)15-17-3-1-4-18(44-17)16-47(14-12-45)20(37(62)63)6-9-43-35(59)32-26(53)23(50)29(56)40(66)69-32;/h1,3-4,19-32,38-40,48-56,64-66H,2,5-16H2,(H,41,57)(H,42,58)(H,43,59)(H,60,61)(H,62,63);/t19?,20?,21-,22-,23-,24+,25+,26+,27+,28+,29+,30-,31-,32-,38?,39?,40?;/m0./s1. The SMILES string of the molecule is O=C(O)C(CCNC(=O)[C@H]1OC(O)[C@H](O)[C@@H](O)[C@H]1O)N1CCN(CCCNC(=O)[C@H]2OC(O)[C@H](O)[C@@H](O)[C@H]2O)CCN(C(CCNC(=O)[C@H]2OC(O)[C@H](O)[C@@H](O)[C@H]2O)C(=O)O)Cc2cccc(n2)C1.[Mn]. The number of amides is 3. The summed E-state index contributed by atoms with van der Waals surface area (Å²) in [5, 5.41) is 148. The minimum Gasteiger partial charge on any atom is -0.480 e. The minimum atomic E-state index is -2.00. The minimum absolute atomic E-state index is 0. The van der Waals surface area contributed by atoms with Crippen LogP contribution in [0.1, 0.15) is 30.7 Å². The monoisotopic (exact) mass is 1050 g/mol. The normalized spacial score (nSPS) is 34.6. The largest absolute Gasteiger partial charge is 0.480 e. The van der Waals surface area contributed by atoms with Gasteiger partial charge in [0.2, 0.25) is 0 Å². The summed E-state index contributed by atoms with van der Waals surface area (Å²) in [4.78, 5) is 74.2. The van der Waals surface area contributed by atoms with Gasteiger partial charge >= 0.3 is 11.9 Å². The molecular formula is C40H63MnN7O22. The number of carbonyl (C=O) groups excluding carboxylic acids is 3. The molecule has 1 aromatic heterocycles. The molecule has 29 nitrogen and oxygen atoms in total. The van der Waals surface area contributed by atoms with Crippen LogP contribution in [0.3, 0.4) is 0 Å². The number of carboxylic acids is 2. The van der Waals surface area contributed by atoms with Crippen LogP contribution in [-0.4, -0.2) is 277 Å². The van der Waals surface area contributed by atoms with Gasteiger partial charge in [0.15, 0.2) is 37.2 Å². The molecule has 5 rings (SSSR count). The van der Waals surface area contributed by atoms with Crippen LogP contribution in [0.4, 0.5) is 0 Å². The number of fused-ring (bicyclic) bond motifs is 2. The number of nitrogens with zero attached hydrogens (tertiary/aromatic N) is 4. The molecule has 3 amide bonds. The van der Waals surface area contributed by atoms with Crippen LogP contribution >= 0.6 is 0 Å². The van der Waals surface area contributed by atoms with E-state index in [1.54, 1.807) is 28.0 Å². The number of aliphatic carboxylic acids is 2. The van der Waals surface area contributed by atoms with Gasteiger partial charge in [-0.1, -0.05) is 6.07 Å². The van der Waals surface area contributed by atoms with Gasteiger partial charge in [-0.05, 0) is 37.9 Å². The van der Waals surface area contributed by atoms with Crippen LogP contribution in [0, 0.1) is 0 Å². The molecule has 1 radical (unpaired) electrons. The summed E-state index contributed by atoms with van der Waals surface area (Å²) < 4.78 is 14.9. The smallest absolute Gasteiger partial charge is 0.320 e. The van der Waals surface area contributed by atoms with Crippen LogP contribution in [-0.2, 0) is 68.3 Å². The van der Waals surface area contributed by atoms with Gasteiger partial charge in [0.25, 0.3) is 17.7 Å². The maximum absolute atomic E-state index is 12.9. The summed E-state index contributed by atoms with van der Waals surface area (Å²) in [6.07, 6.45) is -28.6. The summed E-state index contributed by atoms with van der Waals surface area (Å²) in [5.41, 5.74) is 0.736. The third kappa shape index (κ3) is 14.9. The molecule has 2 bridgehead atoms. The quantitative estimate of drug-likeness (QED) is 0.0509. The number of carboxylic acid groups (broad SMARTS) is 2. The number of aliphatic hydroxyl groups excluding tert-OH is 12. The number of hydrogen-bond donors (Lipinski definition) is 17. The molecule has 0 aromatic carbocycles. The van der Waals surface area contributed by atoms with Crippen molar-refractivity contribution in [2.24, 2.45) is 0 Å². The molecular weight excluding hydrogens is 985 g/mol. The van der Waals surface area contributed by atoms with E-state index in [4.69, 9.17) is 14.2 Å². The number of hydrogen-bond acceptors (Lipinski definition) is 24. The van der Waals surface area contributed by atoms with E-state index >= 15 is 0 Å². The molecule has 17 atom stereocenters. The van der Waals surface area contributed by atoms with E-state index in [0.717, 1.165) is 0 Å². The molecule has 3 saturated heterocycles. The van der Waals surface area contributed by atoms with E-state index in [1.807, 2.05) is 4.90 Å². The van der Waals surface area contributed by atoms with Gasteiger partial charge in [0.1, 0.15) is 67.0 Å². The predicted molar refractivity (Wildman–Crippen MR) is 224 cm³/mol. The Bertz CT molecular complexity index is 1800. The van der Waals surface area contributed by atoms with Crippen molar-refractivity contribution >= 4 is 29.7 Å². The molecule has 0 aliphatic carbocycles. The molecule has 5 heterocycles. The van der Waals surface area contributed by atoms with Crippen molar-refractivity contribution < 1.29 is 127 Å². The zero-order valence-electron chi connectivity index (χ0n) is 37.4. The van der Waals surface area contributed by atoms with Gasteiger partial charge in [-0.25, -0.2) is 0 Å². The van der Waals surface area contributed by atoms with Crippen LogP contribution in [0.2, 0.25) is 0 Å². The molecule has 3 fully saturated rings. The molecule has 5 unspecified atom stereocenters. The number of ether oxygens (including phenoxy) is 3. The summed E-state index contributed by atoms with van der Waals surface area (Å²) in [6, 6.07) is 2.29. The first-order valence-corrected chi connectivity index (χ1v) is 22.2. The van der Waals surface area contributed by atoms with Crippen molar-refractivity contribution in [3.63, 3.8) is 0 Å². The van der Waals surface area contributed by atoms with Crippen LogP contribution in [0.5, 0.6) is 0 Å². The van der Waals surface area contributed by atoms with E-state index in [9.17, 15) is 95.5 Å². The summed E-state index contributed by atoms with van der Waals surface area (Å²) in [5.74, 6) is -5.51. The molecule has 1 aromatic rings. The fourth-order valence-corrected chi connectivity index (χ4v) is 8.33. The van der Waals surface area contributed by atoms with Gasteiger partial charge in [-0.3, -0.25) is 38.8 Å². The van der Waals surface area contributed by atoms with Gasteiger partial charge in [0.05, 0.1) is 11.4 Å². The molecule has 0 saturated carbocycles. The summed E-state index contributed by atoms with van der Waals surface area (Å²) >= 11 is 0. The van der Waals surface area contributed by atoms with E-state index in [0.29, 0.717) is 11.4 Å². The van der Waals surface area contributed by atoms with Crippen molar-refractivity contribution in [3.05, 3.63) is 29.6 Å². The third-order valence-corrected chi connectivity index (χ3v) is 12.4. The van der Waals surface area contributed by atoms with Crippen molar-refractivity contribution in [2.75, 3.05) is 52.4 Å². The van der Waals surface area contributed by atoms with E-state index in [1.165, 1.54) is 0 Å². The Morgan fingerprint density at radius 3 is 1.21 bits per heavy atom. The molecule has 70 heavy (non-hydrogen) atoms. The Balaban J connectivity index is 0.0000107.